The maximum atomic E-state index is 12.2. The van der Waals surface area contributed by atoms with Crippen LogP contribution in [-0.4, -0.2) is 38.4 Å². The van der Waals surface area contributed by atoms with Crippen LogP contribution in [0.3, 0.4) is 0 Å². The number of hydrogen-bond donors (Lipinski definition) is 3. The molecule has 0 saturated heterocycles. The van der Waals surface area contributed by atoms with Gasteiger partial charge in [-0.3, -0.25) is 4.79 Å². The Morgan fingerprint density at radius 1 is 1.37 bits per heavy atom. The molecule has 2 aliphatic rings. The summed E-state index contributed by atoms with van der Waals surface area (Å²) in [4.78, 5) is 12.2. The minimum Gasteiger partial charge on any atom is -0.390 e. The van der Waals surface area contributed by atoms with Gasteiger partial charge in [-0.25, -0.2) is 0 Å². The summed E-state index contributed by atoms with van der Waals surface area (Å²) in [6.07, 6.45) is 2.41. The Bertz CT molecular complexity index is 430. The molecule has 1 saturated carbocycles. The lowest BCUT2D eigenvalue weighted by Crippen LogP contribution is -2.58. The molecule has 1 fully saturated rings. The number of aliphatic hydroxyl groups excluding tert-OH is 1. The molecule has 0 aromatic rings. The quantitative estimate of drug-likeness (QED) is 0.667. The number of carbonyl (C=O) groups excluding carboxylic acids is 1. The molecule has 0 spiro atoms. The van der Waals surface area contributed by atoms with Gasteiger partial charge < -0.3 is 15.3 Å². The van der Waals surface area contributed by atoms with Crippen LogP contribution in [0.15, 0.2) is 11.6 Å². The largest absolute Gasteiger partial charge is 0.390 e. The minimum absolute atomic E-state index is 0.0570. The Balaban J connectivity index is 2.51. The zero-order valence-corrected chi connectivity index (χ0v) is 12.1. The molecule has 3 N–H and O–H groups in total. The summed E-state index contributed by atoms with van der Waals surface area (Å²) in [6.45, 7) is 6.75. The highest BCUT2D eigenvalue weighted by molar-refractivity contribution is 5.98. The molecule has 108 valence electrons. The summed E-state index contributed by atoms with van der Waals surface area (Å²) in [5.74, 6) is -0.374. The molecule has 0 unspecified atom stereocenters. The standard InChI is InChI=1S/C15H24O4/c1-13(2,18)9-7-11-14(3,8-10(9)16)6-5-12(17)15(11,4)19/h7,11-12,17-19H,5-6,8H2,1-4H3/t11-,12+,14+,15-/m0/s1. The van der Waals surface area contributed by atoms with Gasteiger partial charge in [-0.2, -0.15) is 0 Å². The van der Waals surface area contributed by atoms with Crippen LogP contribution in [0.2, 0.25) is 0 Å². The van der Waals surface area contributed by atoms with Gasteiger partial charge in [0.25, 0.3) is 0 Å². The molecule has 4 heteroatoms. The van der Waals surface area contributed by atoms with Crippen molar-refractivity contribution in [1.82, 2.24) is 0 Å². The van der Waals surface area contributed by atoms with Crippen LogP contribution < -0.4 is 0 Å². The van der Waals surface area contributed by atoms with E-state index in [1.54, 1.807) is 26.8 Å². The van der Waals surface area contributed by atoms with Crippen LogP contribution in [-0.2, 0) is 4.79 Å². The molecule has 2 rings (SSSR count). The van der Waals surface area contributed by atoms with Gasteiger partial charge >= 0.3 is 0 Å². The normalized spacial score (nSPS) is 43.7. The van der Waals surface area contributed by atoms with Gasteiger partial charge in [0.2, 0.25) is 0 Å². The smallest absolute Gasteiger partial charge is 0.161 e. The zero-order valence-electron chi connectivity index (χ0n) is 12.1. The second-order valence-electron chi connectivity index (χ2n) is 7.15. The molecule has 4 atom stereocenters. The van der Waals surface area contributed by atoms with Gasteiger partial charge in [-0.05, 0) is 39.0 Å². The fourth-order valence-corrected chi connectivity index (χ4v) is 3.66. The SMILES string of the molecule is CC(C)(O)C1=C[C@H]2[C@](C)(CC[C@@H](O)[C@@]2(C)O)CC1=O. The third-order valence-corrected chi connectivity index (χ3v) is 4.90. The maximum absolute atomic E-state index is 12.2. The Labute approximate surface area is 114 Å². The Morgan fingerprint density at radius 2 is 1.95 bits per heavy atom. The van der Waals surface area contributed by atoms with Gasteiger partial charge in [0.15, 0.2) is 5.78 Å². The predicted molar refractivity (Wildman–Crippen MR) is 71.5 cm³/mol. The van der Waals surface area contributed by atoms with E-state index in [1.165, 1.54) is 0 Å². The molecular formula is C15H24O4. The van der Waals surface area contributed by atoms with Crippen LogP contribution in [0.4, 0.5) is 0 Å². The number of rotatable bonds is 1. The van der Waals surface area contributed by atoms with Crippen LogP contribution in [0.1, 0.15) is 47.0 Å². The van der Waals surface area contributed by atoms with E-state index in [4.69, 9.17) is 0 Å². The summed E-state index contributed by atoms with van der Waals surface area (Å²) < 4.78 is 0. The van der Waals surface area contributed by atoms with E-state index in [-0.39, 0.29) is 17.1 Å². The van der Waals surface area contributed by atoms with Gasteiger partial charge in [0, 0.05) is 17.9 Å². The number of hydrogen-bond acceptors (Lipinski definition) is 4. The monoisotopic (exact) mass is 268 g/mol. The van der Waals surface area contributed by atoms with Gasteiger partial charge in [-0.15, -0.1) is 0 Å². The van der Waals surface area contributed by atoms with Crippen molar-refractivity contribution >= 4 is 5.78 Å². The van der Waals surface area contributed by atoms with Crippen LogP contribution in [0.25, 0.3) is 0 Å². The molecule has 0 heterocycles. The third kappa shape index (κ3) is 2.26. The van der Waals surface area contributed by atoms with E-state index >= 15 is 0 Å². The maximum Gasteiger partial charge on any atom is 0.161 e. The summed E-state index contributed by atoms with van der Waals surface area (Å²) in [5.41, 5.74) is -2.46. The first kappa shape index (κ1) is 14.7. The lowest BCUT2D eigenvalue weighted by molar-refractivity contribution is -0.160. The van der Waals surface area contributed by atoms with Gasteiger partial charge in [0.05, 0.1) is 17.3 Å². The van der Waals surface area contributed by atoms with E-state index in [0.29, 0.717) is 24.8 Å². The molecule has 4 nitrogen and oxygen atoms in total. The average Bonchev–Trinajstić information content (AvgIpc) is 2.21. The van der Waals surface area contributed by atoms with Crippen LogP contribution in [0, 0.1) is 11.3 Å². The van der Waals surface area contributed by atoms with Crippen LogP contribution in [0.5, 0.6) is 0 Å². The fourth-order valence-electron chi connectivity index (χ4n) is 3.66. The second kappa shape index (κ2) is 4.14. The zero-order chi connectivity index (χ0) is 14.6. The number of ketones is 1. The van der Waals surface area contributed by atoms with Crippen molar-refractivity contribution < 1.29 is 20.1 Å². The fraction of sp³-hybridized carbons (Fsp3) is 0.800. The first-order chi connectivity index (χ1) is 8.48. The van der Waals surface area contributed by atoms with E-state index in [2.05, 4.69) is 0 Å². The molecule has 0 radical (unpaired) electrons. The van der Waals surface area contributed by atoms with Crippen molar-refractivity contribution in [2.75, 3.05) is 0 Å². The molecule has 0 aromatic heterocycles. The van der Waals surface area contributed by atoms with Crippen molar-refractivity contribution in [2.24, 2.45) is 11.3 Å². The third-order valence-electron chi connectivity index (χ3n) is 4.90. The van der Waals surface area contributed by atoms with Gasteiger partial charge in [0.1, 0.15) is 0 Å². The second-order valence-corrected chi connectivity index (χ2v) is 7.15. The molecule has 0 bridgehead atoms. The van der Waals surface area contributed by atoms with E-state index in [9.17, 15) is 20.1 Å². The number of fused-ring (bicyclic) bond motifs is 1. The minimum atomic E-state index is -1.26. The van der Waals surface area contributed by atoms with Crippen molar-refractivity contribution in [2.45, 2.75) is 64.3 Å². The number of carbonyl (C=O) groups is 1. The topological polar surface area (TPSA) is 77.8 Å². The highest BCUT2D eigenvalue weighted by Gasteiger charge is 2.55. The highest BCUT2D eigenvalue weighted by atomic mass is 16.3. The number of aliphatic hydroxyl groups is 3. The molecule has 0 amide bonds. The van der Waals surface area contributed by atoms with E-state index < -0.39 is 17.3 Å². The molecular weight excluding hydrogens is 244 g/mol. The first-order valence-electron chi connectivity index (χ1n) is 6.87. The van der Waals surface area contributed by atoms with Crippen molar-refractivity contribution in [1.29, 1.82) is 0 Å². The first-order valence-corrected chi connectivity index (χ1v) is 6.87. The van der Waals surface area contributed by atoms with Crippen molar-refractivity contribution in [3.8, 4) is 0 Å². The molecule has 19 heavy (non-hydrogen) atoms. The lowest BCUT2D eigenvalue weighted by atomic mass is 9.54. The van der Waals surface area contributed by atoms with Crippen LogP contribution >= 0.6 is 0 Å². The highest BCUT2D eigenvalue weighted by Crippen LogP contribution is 2.53. The average molecular weight is 268 g/mol. The lowest BCUT2D eigenvalue weighted by Gasteiger charge is -2.53. The predicted octanol–water partition coefficient (Wildman–Crippen LogP) is 1.18. The molecule has 2 aliphatic carbocycles. The van der Waals surface area contributed by atoms with E-state index in [0.717, 1.165) is 0 Å². The van der Waals surface area contributed by atoms with Gasteiger partial charge in [-0.1, -0.05) is 13.0 Å². The summed E-state index contributed by atoms with van der Waals surface area (Å²) in [5, 5.41) is 30.7. The van der Waals surface area contributed by atoms with Crippen molar-refractivity contribution in [3.63, 3.8) is 0 Å². The molecule has 0 aliphatic heterocycles. The van der Waals surface area contributed by atoms with E-state index in [1.807, 2.05) is 6.92 Å². The summed E-state index contributed by atoms with van der Waals surface area (Å²) in [7, 11) is 0. The van der Waals surface area contributed by atoms with Crippen molar-refractivity contribution in [3.05, 3.63) is 11.6 Å². The molecule has 0 aromatic carbocycles. The Hall–Kier alpha value is -0.710. The Kier molecular flexibility index (Phi) is 3.20. The number of Topliss-reactive ketones (excluding diaryl/α,β-unsaturated/α-hetero) is 1. The summed E-state index contributed by atoms with van der Waals surface area (Å²) in [6, 6.07) is 0. The summed E-state index contributed by atoms with van der Waals surface area (Å²) >= 11 is 0. The Morgan fingerprint density at radius 3 is 2.47 bits per heavy atom.